The van der Waals surface area contributed by atoms with Gasteiger partial charge in [0.05, 0.1) is 24.0 Å². The minimum absolute atomic E-state index is 0. The first kappa shape index (κ1) is 26.1. The number of nitrogens with one attached hydrogen (secondary N) is 2. The van der Waals surface area contributed by atoms with Crippen molar-refractivity contribution in [1.29, 1.82) is 0 Å². The van der Waals surface area contributed by atoms with Crippen molar-refractivity contribution in [3.05, 3.63) is 90.4 Å². The van der Waals surface area contributed by atoms with E-state index in [9.17, 15) is 5.11 Å². The summed E-state index contributed by atoms with van der Waals surface area (Å²) < 4.78 is 8.12. The number of aromatic amines is 1. The number of benzene rings is 2. The van der Waals surface area contributed by atoms with E-state index in [0.29, 0.717) is 18.0 Å². The first-order chi connectivity index (χ1) is 17.2. The molecule has 0 bridgehead atoms. The Balaban J connectivity index is 0.00000160. The van der Waals surface area contributed by atoms with Gasteiger partial charge in [-0.2, -0.15) is 5.10 Å². The van der Waals surface area contributed by atoms with Crippen LogP contribution in [-0.4, -0.2) is 43.7 Å². The monoisotopic (exact) mass is 536 g/mol. The van der Waals surface area contributed by atoms with E-state index in [-0.39, 0.29) is 42.8 Å². The molecule has 2 atom stereocenters. The van der Waals surface area contributed by atoms with Crippen LogP contribution in [0, 0.1) is 0 Å². The fraction of sp³-hybridized carbons (Fsp3) is 0.148. The zero-order valence-corrected chi connectivity index (χ0v) is 21.5. The van der Waals surface area contributed by atoms with Gasteiger partial charge in [0.2, 0.25) is 5.88 Å². The van der Waals surface area contributed by atoms with E-state index in [1.54, 1.807) is 17.1 Å². The Kier molecular flexibility index (Phi) is 7.71. The molecule has 8 nitrogen and oxygen atoms in total. The van der Waals surface area contributed by atoms with E-state index < -0.39 is 0 Å². The number of hydrogen-bond donors (Lipinski definition) is 3. The molecule has 4 heterocycles. The topological polar surface area (TPSA) is 100 Å². The number of H-pyrrole nitrogens is 1. The summed E-state index contributed by atoms with van der Waals surface area (Å²) in [5.74, 6) is 0.638. The van der Waals surface area contributed by atoms with Gasteiger partial charge < -0.3 is 20.1 Å². The zero-order valence-electron chi connectivity index (χ0n) is 19.9. The van der Waals surface area contributed by atoms with Crippen LogP contribution >= 0.6 is 24.8 Å². The number of aliphatic imine (C=N–C) groups is 1. The lowest BCUT2D eigenvalue weighted by Gasteiger charge is -2.30. The molecule has 0 radical (unpaired) electrons. The maximum absolute atomic E-state index is 10.5. The zero-order chi connectivity index (χ0) is 23.8. The molecule has 0 amide bonds. The normalized spacial score (nSPS) is 15.2. The van der Waals surface area contributed by atoms with Crippen LogP contribution in [0.15, 0.2) is 84.2 Å². The second-order valence-electron chi connectivity index (χ2n) is 8.58. The summed E-state index contributed by atoms with van der Waals surface area (Å²) in [5, 5.41) is 19.1. The smallest absolute Gasteiger partial charge is 0.237 e. The molecular formula is C27H26Cl2N6O2. The number of anilines is 1. The van der Waals surface area contributed by atoms with Gasteiger partial charge in [0.15, 0.2) is 5.88 Å². The molecule has 5 aromatic rings. The van der Waals surface area contributed by atoms with Gasteiger partial charge in [-0.15, -0.1) is 24.8 Å². The number of aromatic hydroxyl groups is 1. The average Bonchev–Trinajstić information content (AvgIpc) is 3.47. The molecule has 0 saturated carbocycles. The third kappa shape index (κ3) is 5.12. The van der Waals surface area contributed by atoms with Crippen molar-refractivity contribution in [1.82, 2.24) is 19.7 Å². The maximum atomic E-state index is 10.5. The first-order valence-electron chi connectivity index (χ1n) is 11.4. The molecule has 0 spiro atoms. The molecule has 2 aromatic carbocycles. The Morgan fingerprint density at radius 2 is 1.86 bits per heavy atom. The highest BCUT2D eigenvalue weighted by molar-refractivity contribution is 6.02. The fourth-order valence-electron chi connectivity index (χ4n) is 4.45. The highest BCUT2D eigenvalue weighted by Gasteiger charge is 2.29. The minimum atomic E-state index is -0.301. The maximum Gasteiger partial charge on any atom is 0.237 e. The molecule has 0 aliphatic carbocycles. The van der Waals surface area contributed by atoms with Gasteiger partial charge in [-0.25, -0.2) is 4.98 Å². The molecule has 190 valence electrons. The van der Waals surface area contributed by atoms with Gasteiger partial charge in [0.1, 0.15) is 12.1 Å². The summed E-state index contributed by atoms with van der Waals surface area (Å²) in [7, 11) is 1.89. The lowest BCUT2D eigenvalue weighted by atomic mass is 10.0. The lowest BCUT2D eigenvalue weighted by molar-refractivity contribution is 0.169. The number of pyridine rings is 1. The molecule has 10 heteroatoms. The Hall–Kier alpha value is -4.01. The quantitative estimate of drug-likeness (QED) is 0.256. The van der Waals surface area contributed by atoms with Gasteiger partial charge in [-0.05, 0) is 17.7 Å². The number of aryl methyl sites for hydroxylation is 1. The molecule has 3 aromatic heterocycles. The van der Waals surface area contributed by atoms with Crippen LogP contribution in [0.5, 0.6) is 11.8 Å². The number of halogens is 2. The van der Waals surface area contributed by atoms with Crippen LogP contribution in [-0.2, 0) is 7.05 Å². The number of fused-ring (bicyclic) bond motifs is 2. The van der Waals surface area contributed by atoms with Gasteiger partial charge in [0.25, 0.3) is 0 Å². The number of nitrogens with zero attached hydrogens (tertiary/aromatic N) is 4. The predicted octanol–water partition coefficient (Wildman–Crippen LogP) is 5.55. The SMILES string of the molecule is Cl.Cl.Cn1cc(-c2cnc3c(c2)NC[C@@H]([C@H](N=Cc2c(O)[nH]c4ccccc24)c2ccccc2)O3)cn1. The molecule has 37 heavy (non-hydrogen) atoms. The Bertz CT molecular complexity index is 1530. The third-order valence-corrected chi connectivity index (χ3v) is 6.23. The summed E-state index contributed by atoms with van der Waals surface area (Å²) >= 11 is 0. The van der Waals surface area contributed by atoms with Gasteiger partial charge in [-0.1, -0.05) is 48.5 Å². The lowest BCUT2D eigenvalue weighted by Crippen LogP contribution is -2.36. The fourth-order valence-corrected chi connectivity index (χ4v) is 4.45. The van der Waals surface area contributed by atoms with E-state index in [4.69, 9.17) is 9.73 Å². The number of para-hydroxylation sites is 1. The van der Waals surface area contributed by atoms with Crippen LogP contribution < -0.4 is 10.1 Å². The van der Waals surface area contributed by atoms with Crippen LogP contribution in [0.2, 0.25) is 0 Å². The molecule has 0 unspecified atom stereocenters. The van der Waals surface area contributed by atoms with Crippen LogP contribution in [0.4, 0.5) is 5.69 Å². The Morgan fingerprint density at radius 1 is 1.08 bits per heavy atom. The van der Waals surface area contributed by atoms with E-state index in [1.807, 2.05) is 80.1 Å². The number of ether oxygens (including phenoxy) is 1. The summed E-state index contributed by atoms with van der Waals surface area (Å²) in [4.78, 5) is 12.5. The largest absolute Gasteiger partial charge is 0.494 e. The van der Waals surface area contributed by atoms with Gasteiger partial charge >= 0.3 is 0 Å². The number of hydrogen-bond acceptors (Lipinski definition) is 6. The Morgan fingerprint density at radius 3 is 2.65 bits per heavy atom. The molecule has 3 N–H and O–H groups in total. The van der Waals surface area contributed by atoms with Crippen LogP contribution in [0.3, 0.4) is 0 Å². The molecule has 0 fully saturated rings. The van der Waals surface area contributed by atoms with Crippen molar-refractivity contribution >= 4 is 47.6 Å². The second-order valence-corrected chi connectivity index (χ2v) is 8.58. The molecule has 6 rings (SSSR count). The van der Waals surface area contributed by atoms with Crippen molar-refractivity contribution in [3.8, 4) is 22.9 Å². The molecular weight excluding hydrogens is 511 g/mol. The van der Waals surface area contributed by atoms with E-state index in [0.717, 1.165) is 33.3 Å². The van der Waals surface area contributed by atoms with Gasteiger partial charge in [-0.3, -0.25) is 9.67 Å². The van der Waals surface area contributed by atoms with Crippen molar-refractivity contribution in [2.75, 3.05) is 11.9 Å². The summed E-state index contributed by atoms with van der Waals surface area (Å²) in [5.41, 5.74) is 5.35. The summed E-state index contributed by atoms with van der Waals surface area (Å²) in [6.07, 6.45) is 7.01. The average molecular weight is 537 g/mol. The van der Waals surface area contributed by atoms with Crippen molar-refractivity contribution < 1.29 is 9.84 Å². The van der Waals surface area contributed by atoms with E-state index in [1.165, 1.54) is 0 Å². The number of aromatic nitrogens is 4. The highest BCUT2D eigenvalue weighted by Crippen LogP contribution is 2.35. The molecule has 1 aliphatic heterocycles. The molecule has 0 saturated heterocycles. The minimum Gasteiger partial charge on any atom is -0.494 e. The second kappa shape index (κ2) is 10.9. The summed E-state index contributed by atoms with van der Waals surface area (Å²) in [6, 6.07) is 19.5. The van der Waals surface area contributed by atoms with E-state index >= 15 is 0 Å². The standard InChI is InChI=1S/C27H24N6O2.2ClH/c1-33-16-19(13-31-33)18-11-23-27(30-12-18)35-24(15-28-23)25(17-7-3-2-4-8-17)29-14-21-20-9-5-6-10-22(20)32-26(21)34;;/h2-14,16,24-25,28,32,34H,15H2,1H3;2*1H/t24-,25+;;/m0../s1. The van der Waals surface area contributed by atoms with Crippen molar-refractivity contribution in [2.24, 2.45) is 12.0 Å². The van der Waals surface area contributed by atoms with E-state index in [2.05, 4.69) is 20.4 Å². The van der Waals surface area contributed by atoms with Crippen LogP contribution in [0.1, 0.15) is 17.2 Å². The highest BCUT2D eigenvalue weighted by atomic mass is 35.5. The van der Waals surface area contributed by atoms with Crippen LogP contribution in [0.25, 0.3) is 22.0 Å². The molecule has 1 aliphatic rings. The van der Waals surface area contributed by atoms with Crippen molar-refractivity contribution in [2.45, 2.75) is 12.1 Å². The predicted molar refractivity (Wildman–Crippen MR) is 151 cm³/mol. The third-order valence-electron chi connectivity index (χ3n) is 6.23. The first-order valence-corrected chi connectivity index (χ1v) is 11.4. The Labute approximate surface area is 226 Å². The summed E-state index contributed by atoms with van der Waals surface area (Å²) in [6.45, 7) is 0.557. The van der Waals surface area contributed by atoms with Gasteiger partial charge in [0, 0.05) is 47.7 Å². The van der Waals surface area contributed by atoms with Crippen molar-refractivity contribution in [3.63, 3.8) is 0 Å². The number of rotatable bonds is 5.